The van der Waals surface area contributed by atoms with Crippen molar-refractivity contribution in [1.29, 1.82) is 0 Å². The highest BCUT2D eigenvalue weighted by Crippen LogP contribution is 2.45. The van der Waals surface area contributed by atoms with Gasteiger partial charge < -0.3 is 5.11 Å². The van der Waals surface area contributed by atoms with Gasteiger partial charge in [0.25, 0.3) is 0 Å². The standard InChI is InChI=1S/C29H24O6S5.CO2/c1-17-14-25(37-28(17)18-4-8-21(9-5-18)39(2,32)33)23-12-13-24(36-23)26-15-20(16-27(30)31)29(38-26)19-6-10-22(11-7-19)40(3,34)35;2-1-3/h4-15H,16H2,1-3H3,(H,30,31);. The minimum atomic E-state index is -3.33. The largest absolute Gasteiger partial charge is 0.481 e. The maximum absolute atomic E-state index is 11.9. The number of rotatable bonds is 8. The first kappa shape index (κ1) is 32.2. The molecule has 0 unspecified atom stereocenters. The summed E-state index contributed by atoms with van der Waals surface area (Å²) in [4.78, 5) is 34.3. The lowest BCUT2D eigenvalue weighted by Crippen LogP contribution is -2.00. The number of aryl methyl sites for hydroxylation is 1. The Labute approximate surface area is 260 Å². The van der Waals surface area contributed by atoms with Gasteiger partial charge in [-0.1, -0.05) is 24.3 Å². The van der Waals surface area contributed by atoms with Crippen LogP contribution < -0.4 is 0 Å². The van der Waals surface area contributed by atoms with E-state index in [0.717, 1.165) is 52.2 Å². The SMILES string of the molecule is Cc1cc(-c2ccc(-c3cc(CC(=O)O)c(-c4ccc(S(C)(=O)=O)cc4)s3)s2)sc1-c1ccc(S(C)(=O)=O)cc1.O=C=O. The summed E-state index contributed by atoms with van der Waals surface area (Å²) in [6.07, 6.45) is 2.46. The lowest BCUT2D eigenvalue weighted by Gasteiger charge is -2.03. The van der Waals surface area contributed by atoms with Crippen LogP contribution in [0.5, 0.6) is 0 Å². The Morgan fingerprint density at radius 1 is 0.674 bits per heavy atom. The smallest absolute Gasteiger partial charge is 0.373 e. The fraction of sp³-hybridized carbons (Fsp3) is 0.133. The van der Waals surface area contributed by atoms with E-state index in [0.29, 0.717) is 5.56 Å². The topological polar surface area (TPSA) is 140 Å². The summed E-state index contributed by atoms with van der Waals surface area (Å²) >= 11 is 4.75. The molecular weight excluding hydrogens is 649 g/mol. The van der Waals surface area contributed by atoms with Gasteiger partial charge in [0.1, 0.15) is 0 Å². The summed E-state index contributed by atoms with van der Waals surface area (Å²) in [5.74, 6) is -0.934. The summed E-state index contributed by atoms with van der Waals surface area (Å²) in [5, 5.41) is 9.50. The van der Waals surface area contributed by atoms with E-state index in [4.69, 9.17) is 9.59 Å². The molecule has 0 saturated heterocycles. The zero-order chi connectivity index (χ0) is 31.5. The van der Waals surface area contributed by atoms with Crippen LogP contribution in [0.3, 0.4) is 0 Å². The molecular formula is C30H24O8S5. The van der Waals surface area contributed by atoms with Crippen molar-refractivity contribution in [3.63, 3.8) is 0 Å². The van der Waals surface area contributed by atoms with Crippen LogP contribution in [0.2, 0.25) is 0 Å². The minimum absolute atomic E-state index is 0.135. The molecule has 0 fully saturated rings. The minimum Gasteiger partial charge on any atom is -0.481 e. The van der Waals surface area contributed by atoms with E-state index in [1.165, 1.54) is 17.6 Å². The second kappa shape index (κ2) is 12.9. The molecule has 222 valence electrons. The van der Waals surface area contributed by atoms with Gasteiger partial charge in [0.2, 0.25) is 0 Å². The number of carbonyl (C=O) groups is 1. The molecule has 0 atom stereocenters. The zero-order valence-corrected chi connectivity index (χ0v) is 27.1. The number of thiophene rings is 3. The third-order valence-corrected chi connectivity index (χ3v) is 12.5. The van der Waals surface area contributed by atoms with Gasteiger partial charge in [-0.15, -0.1) is 34.0 Å². The number of carbonyl (C=O) groups excluding carboxylic acids is 2. The van der Waals surface area contributed by atoms with Gasteiger partial charge in [0.05, 0.1) is 16.2 Å². The van der Waals surface area contributed by atoms with Gasteiger partial charge in [0, 0.05) is 41.8 Å². The molecule has 0 bridgehead atoms. The quantitative estimate of drug-likeness (QED) is 0.192. The third-order valence-electron chi connectivity index (χ3n) is 6.25. The maximum Gasteiger partial charge on any atom is 0.373 e. The van der Waals surface area contributed by atoms with Crippen LogP contribution in [0.4, 0.5) is 0 Å². The van der Waals surface area contributed by atoms with E-state index in [1.807, 2.05) is 31.2 Å². The predicted octanol–water partition coefficient (Wildman–Crippen LogP) is 6.70. The number of aliphatic carboxylic acids is 1. The first-order valence-corrected chi connectivity index (χ1v) is 18.6. The second-order valence-corrected chi connectivity index (χ2v) is 16.7. The number of carboxylic acids is 1. The summed E-state index contributed by atoms with van der Waals surface area (Å²) in [7, 11) is -6.59. The van der Waals surface area contributed by atoms with E-state index < -0.39 is 25.6 Å². The summed E-state index contributed by atoms with van der Waals surface area (Å²) in [5.41, 5.74) is 3.52. The van der Waals surface area contributed by atoms with Gasteiger partial charge in [-0.25, -0.2) is 16.8 Å². The summed E-state index contributed by atoms with van der Waals surface area (Å²) in [6.45, 7) is 2.03. The molecule has 0 aliphatic heterocycles. The Bertz CT molecular complexity index is 2040. The first-order valence-electron chi connectivity index (χ1n) is 12.4. The van der Waals surface area contributed by atoms with Crippen molar-refractivity contribution in [3.8, 4) is 40.4 Å². The molecule has 3 aromatic heterocycles. The van der Waals surface area contributed by atoms with Crippen LogP contribution in [-0.4, -0.2) is 46.6 Å². The lowest BCUT2D eigenvalue weighted by atomic mass is 10.1. The molecule has 43 heavy (non-hydrogen) atoms. The van der Waals surface area contributed by atoms with Crippen molar-refractivity contribution in [3.05, 3.63) is 83.9 Å². The molecule has 0 saturated carbocycles. The number of hydrogen-bond donors (Lipinski definition) is 1. The van der Waals surface area contributed by atoms with E-state index in [1.54, 1.807) is 59.1 Å². The van der Waals surface area contributed by atoms with Crippen LogP contribution in [-0.2, 0) is 40.5 Å². The number of sulfone groups is 2. The average Bonchev–Trinajstić information content (AvgIpc) is 3.66. The van der Waals surface area contributed by atoms with Crippen molar-refractivity contribution in [1.82, 2.24) is 0 Å². The number of benzene rings is 2. The van der Waals surface area contributed by atoms with Crippen LogP contribution in [0, 0.1) is 6.92 Å². The average molecular weight is 673 g/mol. The monoisotopic (exact) mass is 672 g/mol. The Morgan fingerprint density at radius 2 is 1.09 bits per heavy atom. The second-order valence-electron chi connectivity index (χ2n) is 9.50. The van der Waals surface area contributed by atoms with Gasteiger partial charge in [-0.3, -0.25) is 4.79 Å². The van der Waals surface area contributed by atoms with Crippen LogP contribution in [0.1, 0.15) is 11.1 Å². The zero-order valence-electron chi connectivity index (χ0n) is 23.0. The number of hydrogen-bond acceptors (Lipinski definition) is 10. The molecule has 0 radical (unpaired) electrons. The van der Waals surface area contributed by atoms with Gasteiger partial charge >= 0.3 is 12.1 Å². The highest BCUT2D eigenvalue weighted by atomic mass is 32.2. The van der Waals surface area contributed by atoms with Crippen LogP contribution in [0.25, 0.3) is 40.4 Å². The highest BCUT2D eigenvalue weighted by Gasteiger charge is 2.18. The Morgan fingerprint density at radius 3 is 1.53 bits per heavy atom. The number of carboxylic acid groups (broad SMARTS) is 1. The first-order chi connectivity index (χ1) is 20.2. The van der Waals surface area contributed by atoms with Gasteiger partial charge in [0.15, 0.2) is 19.7 Å². The van der Waals surface area contributed by atoms with Crippen LogP contribution in [0.15, 0.2) is 82.6 Å². The molecule has 2 aromatic carbocycles. The van der Waals surface area contributed by atoms with E-state index in [-0.39, 0.29) is 22.4 Å². The van der Waals surface area contributed by atoms with E-state index in [9.17, 15) is 26.7 Å². The van der Waals surface area contributed by atoms with E-state index in [2.05, 4.69) is 12.1 Å². The molecule has 13 heteroatoms. The Hall–Kier alpha value is -3.71. The van der Waals surface area contributed by atoms with Crippen molar-refractivity contribution in [2.45, 2.75) is 23.1 Å². The van der Waals surface area contributed by atoms with Gasteiger partial charge in [-0.05, 0) is 77.7 Å². The third kappa shape index (κ3) is 7.63. The van der Waals surface area contributed by atoms with Crippen molar-refractivity contribution in [2.75, 3.05) is 12.5 Å². The molecule has 8 nitrogen and oxygen atoms in total. The fourth-order valence-electron chi connectivity index (χ4n) is 4.29. The van der Waals surface area contributed by atoms with E-state index >= 15 is 0 Å². The molecule has 0 aliphatic rings. The molecule has 0 spiro atoms. The normalized spacial score (nSPS) is 11.4. The molecule has 0 amide bonds. The maximum atomic E-state index is 11.9. The van der Waals surface area contributed by atoms with Crippen molar-refractivity contribution in [2.24, 2.45) is 0 Å². The summed E-state index contributed by atoms with van der Waals surface area (Å²) in [6, 6.07) is 21.6. The Balaban J connectivity index is 0.00000135. The lowest BCUT2D eigenvalue weighted by molar-refractivity contribution is -0.191. The molecule has 0 aliphatic carbocycles. The predicted molar refractivity (Wildman–Crippen MR) is 169 cm³/mol. The fourth-order valence-corrected chi connectivity index (χ4v) is 9.08. The van der Waals surface area contributed by atoms with Crippen molar-refractivity contribution >= 4 is 65.8 Å². The highest BCUT2D eigenvalue weighted by molar-refractivity contribution is 7.91. The van der Waals surface area contributed by atoms with Crippen LogP contribution >= 0.6 is 34.0 Å². The van der Waals surface area contributed by atoms with Gasteiger partial charge in [-0.2, -0.15) is 9.59 Å². The Kier molecular flexibility index (Phi) is 9.65. The van der Waals surface area contributed by atoms with Crippen molar-refractivity contribution < 1.29 is 36.3 Å². The molecule has 1 N–H and O–H groups in total. The summed E-state index contributed by atoms with van der Waals surface area (Å²) < 4.78 is 47.3. The molecule has 3 heterocycles. The molecule has 5 rings (SSSR count). The molecule has 5 aromatic rings.